The van der Waals surface area contributed by atoms with Crippen LogP contribution in [0.15, 0.2) is 48.5 Å². The van der Waals surface area contributed by atoms with Gasteiger partial charge in [-0.1, -0.05) is 30.3 Å². The lowest BCUT2D eigenvalue weighted by Gasteiger charge is -2.32. The molecule has 0 aliphatic carbocycles. The Labute approximate surface area is 183 Å². The van der Waals surface area contributed by atoms with Crippen LogP contribution in [-0.2, 0) is 17.8 Å². The van der Waals surface area contributed by atoms with Crippen molar-refractivity contribution in [2.45, 2.75) is 38.3 Å². The summed E-state index contributed by atoms with van der Waals surface area (Å²) in [5.41, 5.74) is 2.42. The van der Waals surface area contributed by atoms with Crippen LogP contribution in [0.2, 0.25) is 0 Å². The Morgan fingerprint density at radius 3 is 2.58 bits per heavy atom. The molecule has 1 heterocycles. The number of likely N-dealkylation sites (tertiary alicyclic amines) is 1. The second-order valence-electron chi connectivity index (χ2n) is 7.87. The Morgan fingerprint density at radius 2 is 1.84 bits per heavy atom. The van der Waals surface area contributed by atoms with Gasteiger partial charge in [0.2, 0.25) is 0 Å². The van der Waals surface area contributed by atoms with E-state index in [0.29, 0.717) is 24.5 Å². The fourth-order valence-electron chi connectivity index (χ4n) is 3.76. The molecule has 1 saturated heterocycles. The number of hydrogen-bond acceptors (Lipinski definition) is 4. The highest BCUT2D eigenvalue weighted by atomic mass is 19.1. The maximum absolute atomic E-state index is 12.9. The van der Waals surface area contributed by atoms with Gasteiger partial charge < -0.3 is 25.4 Å². The fourth-order valence-corrected chi connectivity index (χ4v) is 3.76. The Kier molecular flexibility index (Phi) is 9.27. The zero-order valence-electron chi connectivity index (χ0n) is 17.9. The molecule has 168 valence electrons. The zero-order chi connectivity index (χ0) is 21.9. The van der Waals surface area contributed by atoms with Crippen LogP contribution in [-0.4, -0.2) is 54.9 Å². The SMILES string of the molecule is O=C(Nc1ccccc1CO)NC1CCN(CCCOCCc2ccc(F)cc2)CC1. The van der Waals surface area contributed by atoms with Crippen molar-refractivity contribution in [1.82, 2.24) is 10.2 Å². The molecule has 0 aromatic heterocycles. The molecule has 3 rings (SSSR count). The Balaban J connectivity index is 1.25. The number of rotatable bonds is 10. The van der Waals surface area contributed by atoms with Crippen molar-refractivity contribution in [3.05, 3.63) is 65.5 Å². The molecule has 31 heavy (non-hydrogen) atoms. The van der Waals surface area contributed by atoms with E-state index in [4.69, 9.17) is 4.74 Å². The molecule has 0 bridgehead atoms. The number of aliphatic hydroxyl groups excluding tert-OH is 1. The van der Waals surface area contributed by atoms with Gasteiger partial charge in [-0.2, -0.15) is 0 Å². The molecule has 2 aromatic rings. The van der Waals surface area contributed by atoms with Gasteiger partial charge >= 0.3 is 6.03 Å². The Hall–Kier alpha value is -2.48. The normalized spacial score (nSPS) is 15.0. The average Bonchev–Trinajstić information content (AvgIpc) is 2.79. The van der Waals surface area contributed by atoms with Crippen molar-refractivity contribution in [3.8, 4) is 0 Å². The highest BCUT2D eigenvalue weighted by Gasteiger charge is 2.20. The largest absolute Gasteiger partial charge is 0.392 e. The molecule has 1 aliphatic rings. The number of anilines is 1. The Bertz CT molecular complexity index is 808. The summed E-state index contributed by atoms with van der Waals surface area (Å²) in [5.74, 6) is -0.212. The molecular formula is C24H32FN3O3. The maximum Gasteiger partial charge on any atom is 0.319 e. The number of nitrogens with one attached hydrogen (secondary N) is 2. The van der Waals surface area contributed by atoms with Gasteiger partial charge in [0.1, 0.15) is 5.82 Å². The molecule has 0 spiro atoms. The maximum atomic E-state index is 12.9. The van der Waals surface area contributed by atoms with E-state index in [0.717, 1.165) is 50.9 Å². The number of carbonyl (C=O) groups excluding carboxylic acids is 1. The number of hydrogen-bond donors (Lipinski definition) is 3. The second kappa shape index (κ2) is 12.4. The number of para-hydroxylation sites is 1. The third-order valence-electron chi connectivity index (χ3n) is 5.57. The Morgan fingerprint density at radius 1 is 1.10 bits per heavy atom. The van der Waals surface area contributed by atoms with Crippen molar-refractivity contribution in [1.29, 1.82) is 0 Å². The summed E-state index contributed by atoms with van der Waals surface area (Å²) in [6.07, 6.45) is 3.60. The van der Waals surface area contributed by atoms with Gasteiger partial charge in [-0.15, -0.1) is 0 Å². The van der Waals surface area contributed by atoms with E-state index in [1.54, 1.807) is 24.3 Å². The minimum absolute atomic E-state index is 0.106. The molecule has 1 fully saturated rings. The van der Waals surface area contributed by atoms with Gasteiger partial charge in [-0.25, -0.2) is 9.18 Å². The quantitative estimate of drug-likeness (QED) is 0.505. The summed E-state index contributed by atoms with van der Waals surface area (Å²) in [6, 6.07) is 13.7. The van der Waals surface area contributed by atoms with E-state index < -0.39 is 0 Å². The van der Waals surface area contributed by atoms with Gasteiger partial charge in [0.25, 0.3) is 0 Å². The van der Waals surface area contributed by atoms with Crippen LogP contribution in [0.5, 0.6) is 0 Å². The van der Waals surface area contributed by atoms with E-state index >= 15 is 0 Å². The summed E-state index contributed by atoms with van der Waals surface area (Å²) in [4.78, 5) is 14.7. The third kappa shape index (κ3) is 7.94. The first kappa shape index (κ1) is 23.2. The summed E-state index contributed by atoms with van der Waals surface area (Å²) in [7, 11) is 0. The van der Waals surface area contributed by atoms with Gasteiger partial charge in [0, 0.05) is 43.5 Å². The van der Waals surface area contributed by atoms with Gasteiger partial charge in [-0.05, 0) is 49.4 Å². The molecule has 2 aromatic carbocycles. The summed E-state index contributed by atoms with van der Waals surface area (Å²) in [6.45, 7) is 4.14. The first-order valence-electron chi connectivity index (χ1n) is 10.9. The lowest BCUT2D eigenvalue weighted by molar-refractivity contribution is 0.116. The van der Waals surface area contributed by atoms with E-state index in [1.165, 1.54) is 12.1 Å². The molecule has 6 nitrogen and oxygen atoms in total. The molecule has 0 unspecified atom stereocenters. The number of halogens is 1. The number of amides is 2. The van der Waals surface area contributed by atoms with Crippen molar-refractivity contribution in [2.24, 2.45) is 0 Å². The number of carbonyl (C=O) groups is 1. The number of urea groups is 1. The fraction of sp³-hybridized carbons (Fsp3) is 0.458. The smallest absolute Gasteiger partial charge is 0.319 e. The van der Waals surface area contributed by atoms with Gasteiger partial charge in [0.05, 0.1) is 13.2 Å². The van der Waals surface area contributed by atoms with Crippen molar-refractivity contribution in [3.63, 3.8) is 0 Å². The number of nitrogens with zero attached hydrogens (tertiary/aromatic N) is 1. The predicted octanol–water partition coefficient (Wildman–Crippen LogP) is 3.55. The minimum atomic E-state index is -0.228. The van der Waals surface area contributed by atoms with E-state index in [-0.39, 0.29) is 24.5 Å². The topological polar surface area (TPSA) is 73.8 Å². The molecule has 0 radical (unpaired) electrons. The van der Waals surface area contributed by atoms with Crippen LogP contribution >= 0.6 is 0 Å². The summed E-state index contributed by atoms with van der Waals surface area (Å²) < 4.78 is 18.6. The van der Waals surface area contributed by atoms with Gasteiger partial charge in [-0.3, -0.25) is 0 Å². The lowest BCUT2D eigenvalue weighted by Crippen LogP contribution is -2.46. The zero-order valence-corrected chi connectivity index (χ0v) is 17.9. The molecular weight excluding hydrogens is 397 g/mol. The summed E-state index contributed by atoms with van der Waals surface area (Å²) >= 11 is 0. The first-order valence-corrected chi connectivity index (χ1v) is 10.9. The molecule has 3 N–H and O–H groups in total. The van der Waals surface area contributed by atoms with Crippen LogP contribution in [0.25, 0.3) is 0 Å². The molecule has 7 heteroatoms. The molecule has 0 saturated carbocycles. The van der Waals surface area contributed by atoms with Crippen molar-refractivity contribution >= 4 is 11.7 Å². The molecule has 2 amide bonds. The standard InChI is InChI=1S/C24H32FN3O3/c25-21-8-6-19(7-9-21)12-17-31-16-3-13-28-14-10-22(11-15-28)26-24(30)27-23-5-2-1-4-20(23)18-29/h1-2,4-9,22,29H,3,10-18H2,(H2,26,27,30). The average molecular weight is 430 g/mol. The molecule has 0 atom stereocenters. The number of ether oxygens (including phenoxy) is 1. The molecule has 1 aliphatic heterocycles. The van der Waals surface area contributed by atoms with Crippen molar-refractivity contribution in [2.75, 3.05) is 38.2 Å². The highest BCUT2D eigenvalue weighted by Crippen LogP contribution is 2.15. The van der Waals surface area contributed by atoms with E-state index in [1.807, 2.05) is 12.1 Å². The first-order chi connectivity index (χ1) is 15.1. The van der Waals surface area contributed by atoms with Gasteiger partial charge in [0.15, 0.2) is 0 Å². The van der Waals surface area contributed by atoms with E-state index in [9.17, 15) is 14.3 Å². The third-order valence-corrected chi connectivity index (χ3v) is 5.57. The van der Waals surface area contributed by atoms with E-state index in [2.05, 4.69) is 15.5 Å². The van der Waals surface area contributed by atoms with Crippen LogP contribution in [0.4, 0.5) is 14.9 Å². The van der Waals surface area contributed by atoms with Crippen LogP contribution in [0.3, 0.4) is 0 Å². The van der Waals surface area contributed by atoms with Crippen LogP contribution in [0, 0.1) is 5.82 Å². The predicted molar refractivity (Wildman–Crippen MR) is 120 cm³/mol. The monoisotopic (exact) mass is 429 g/mol. The second-order valence-corrected chi connectivity index (χ2v) is 7.87. The summed E-state index contributed by atoms with van der Waals surface area (Å²) in [5, 5.41) is 15.2. The lowest BCUT2D eigenvalue weighted by atomic mass is 10.1. The van der Waals surface area contributed by atoms with Crippen molar-refractivity contribution < 1.29 is 19.0 Å². The van der Waals surface area contributed by atoms with Crippen LogP contribution < -0.4 is 10.6 Å². The highest BCUT2D eigenvalue weighted by molar-refractivity contribution is 5.90. The minimum Gasteiger partial charge on any atom is -0.392 e. The number of piperidine rings is 1. The van der Waals surface area contributed by atoms with Crippen LogP contribution in [0.1, 0.15) is 30.4 Å². The number of benzene rings is 2. The number of aliphatic hydroxyl groups is 1.